The lowest BCUT2D eigenvalue weighted by Gasteiger charge is -2.14. The summed E-state index contributed by atoms with van der Waals surface area (Å²) in [7, 11) is -6.63. The molecule has 0 saturated carbocycles. The number of halogens is 6. The standard InChI is InChI=1S/C3H2F6O2S/c4-1(2(5)6)3(7,8)12(9,10)11/h1-2H. The van der Waals surface area contributed by atoms with E-state index in [0.29, 0.717) is 0 Å². The van der Waals surface area contributed by atoms with E-state index < -0.39 is 28.1 Å². The van der Waals surface area contributed by atoms with Gasteiger partial charge >= 0.3 is 15.5 Å². The van der Waals surface area contributed by atoms with Crippen molar-refractivity contribution in [2.45, 2.75) is 17.9 Å². The van der Waals surface area contributed by atoms with Crippen molar-refractivity contribution in [2.24, 2.45) is 0 Å². The van der Waals surface area contributed by atoms with Crippen molar-refractivity contribution >= 4 is 10.2 Å². The van der Waals surface area contributed by atoms with Crippen LogP contribution in [0.2, 0.25) is 0 Å². The van der Waals surface area contributed by atoms with Crippen LogP contribution in [0.3, 0.4) is 0 Å². The van der Waals surface area contributed by atoms with Crippen molar-refractivity contribution in [3.05, 3.63) is 0 Å². The maximum Gasteiger partial charge on any atom is 0.410 e. The van der Waals surface area contributed by atoms with Crippen LogP contribution in [0.1, 0.15) is 0 Å². The van der Waals surface area contributed by atoms with Crippen LogP contribution in [0.4, 0.5) is 25.8 Å². The maximum absolute atomic E-state index is 11.8. The highest BCUT2D eigenvalue weighted by molar-refractivity contribution is 7.87. The summed E-state index contributed by atoms with van der Waals surface area (Å²) >= 11 is 0. The van der Waals surface area contributed by atoms with Crippen LogP contribution in [-0.4, -0.2) is 26.3 Å². The smallest absolute Gasteiger partial charge is 0.233 e. The van der Waals surface area contributed by atoms with Gasteiger partial charge in [0.1, 0.15) is 0 Å². The summed E-state index contributed by atoms with van der Waals surface area (Å²) in [5.41, 5.74) is 0. The summed E-state index contributed by atoms with van der Waals surface area (Å²) in [6.45, 7) is 0. The summed E-state index contributed by atoms with van der Waals surface area (Å²) in [6, 6.07) is 0. The lowest BCUT2D eigenvalue weighted by molar-refractivity contribution is -0.0754. The van der Waals surface area contributed by atoms with E-state index in [4.69, 9.17) is 0 Å². The molecule has 1 atom stereocenters. The molecule has 0 fully saturated rings. The predicted octanol–water partition coefficient (Wildman–Crippen LogP) is 1.48. The number of rotatable bonds is 3. The molecular weight excluding hydrogens is 214 g/mol. The third kappa shape index (κ3) is 2.02. The molecule has 0 radical (unpaired) electrons. The highest BCUT2D eigenvalue weighted by Crippen LogP contribution is 2.32. The van der Waals surface area contributed by atoms with Gasteiger partial charge in [-0.25, -0.2) is 13.2 Å². The molecule has 0 aromatic rings. The van der Waals surface area contributed by atoms with Gasteiger partial charge in [0.25, 0.3) is 6.43 Å². The van der Waals surface area contributed by atoms with Gasteiger partial charge in [-0.1, -0.05) is 3.89 Å². The van der Waals surface area contributed by atoms with Crippen LogP contribution >= 0.6 is 0 Å². The molecule has 0 heterocycles. The third-order valence-corrected chi connectivity index (χ3v) is 1.74. The Hall–Kier alpha value is -0.470. The fourth-order valence-corrected chi connectivity index (χ4v) is 0.653. The largest absolute Gasteiger partial charge is 0.410 e. The van der Waals surface area contributed by atoms with Crippen LogP contribution in [0.25, 0.3) is 0 Å². The molecule has 0 rings (SSSR count). The molecule has 0 aliphatic rings. The Labute approximate surface area is 63.4 Å². The fourth-order valence-electron chi connectivity index (χ4n) is 0.281. The minimum absolute atomic E-state index is 4.26. The fraction of sp³-hybridized carbons (Fsp3) is 1.00. The maximum atomic E-state index is 11.8. The van der Waals surface area contributed by atoms with Gasteiger partial charge in [-0.3, -0.25) is 0 Å². The molecule has 74 valence electrons. The van der Waals surface area contributed by atoms with Gasteiger partial charge in [0.2, 0.25) is 6.17 Å². The molecule has 0 aromatic carbocycles. The normalized spacial score (nSPS) is 16.6. The summed E-state index contributed by atoms with van der Waals surface area (Å²) < 4.78 is 87.8. The lowest BCUT2D eigenvalue weighted by atomic mass is 10.4. The molecule has 1 unspecified atom stereocenters. The Bertz CT molecular complexity index is 246. The molecule has 0 spiro atoms. The minimum Gasteiger partial charge on any atom is -0.233 e. The van der Waals surface area contributed by atoms with E-state index in [1.165, 1.54) is 0 Å². The summed E-state index contributed by atoms with van der Waals surface area (Å²) in [4.78, 5) is 0. The molecule has 0 aliphatic heterocycles. The van der Waals surface area contributed by atoms with Crippen molar-refractivity contribution in [2.75, 3.05) is 0 Å². The minimum atomic E-state index is -6.63. The van der Waals surface area contributed by atoms with E-state index >= 15 is 0 Å². The average molecular weight is 216 g/mol. The first-order valence-corrected chi connectivity index (χ1v) is 3.73. The molecule has 0 saturated heterocycles. The Morgan fingerprint density at radius 2 is 1.42 bits per heavy atom. The third-order valence-electron chi connectivity index (χ3n) is 0.867. The Kier molecular flexibility index (Phi) is 2.99. The van der Waals surface area contributed by atoms with Crippen LogP contribution in [0, 0.1) is 0 Å². The lowest BCUT2D eigenvalue weighted by Crippen LogP contribution is -2.40. The summed E-state index contributed by atoms with van der Waals surface area (Å²) in [5.74, 6) is 0. The van der Waals surface area contributed by atoms with Gasteiger partial charge < -0.3 is 0 Å². The molecule has 0 aromatic heterocycles. The first-order valence-electron chi connectivity index (χ1n) is 2.35. The molecule has 12 heavy (non-hydrogen) atoms. The molecule has 0 amide bonds. The Balaban J connectivity index is 4.87. The quantitative estimate of drug-likeness (QED) is 0.529. The summed E-state index contributed by atoms with van der Waals surface area (Å²) in [5, 5.41) is -5.69. The SMILES string of the molecule is O=S(=O)(F)C(F)(F)C(F)C(F)F. The molecule has 2 nitrogen and oxygen atoms in total. The average Bonchev–Trinajstić information content (AvgIpc) is 1.83. The zero-order valence-electron chi connectivity index (χ0n) is 5.15. The van der Waals surface area contributed by atoms with Crippen molar-refractivity contribution in [1.29, 1.82) is 0 Å². The zero-order chi connectivity index (χ0) is 10.2. The van der Waals surface area contributed by atoms with Crippen molar-refractivity contribution in [1.82, 2.24) is 0 Å². The van der Waals surface area contributed by atoms with Gasteiger partial charge in [0, 0.05) is 0 Å². The van der Waals surface area contributed by atoms with Crippen molar-refractivity contribution in [3.8, 4) is 0 Å². The van der Waals surface area contributed by atoms with Crippen LogP contribution in [-0.2, 0) is 10.2 Å². The van der Waals surface area contributed by atoms with Gasteiger partial charge in [-0.15, -0.1) is 0 Å². The van der Waals surface area contributed by atoms with E-state index in [-0.39, 0.29) is 0 Å². The van der Waals surface area contributed by atoms with Crippen LogP contribution < -0.4 is 0 Å². The first-order chi connectivity index (χ1) is 5.10. The molecule has 0 bridgehead atoms. The first kappa shape index (κ1) is 11.5. The highest BCUT2D eigenvalue weighted by atomic mass is 32.3. The van der Waals surface area contributed by atoms with Gasteiger partial charge in [0.05, 0.1) is 0 Å². The van der Waals surface area contributed by atoms with Crippen LogP contribution in [0.5, 0.6) is 0 Å². The predicted molar refractivity (Wildman–Crippen MR) is 25.9 cm³/mol. The second kappa shape index (κ2) is 3.11. The van der Waals surface area contributed by atoms with E-state index in [0.717, 1.165) is 0 Å². The van der Waals surface area contributed by atoms with Gasteiger partial charge in [0.15, 0.2) is 0 Å². The molecule has 0 aliphatic carbocycles. The van der Waals surface area contributed by atoms with Gasteiger partial charge in [-0.2, -0.15) is 17.2 Å². The monoisotopic (exact) mass is 216 g/mol. The summed E-state index contributed by atoms with van der Waals surface area (Å²) in [6.07, 6.45) is -8.61. The number of alkyl halides is 5. The molecule has 9 heteroatoms. The Morgan fingerprint density at radius 3 is 1.50 bits per heavy atom. The number of hydrogen-bond donors (Lipinski definition) is 0. The topological polar surface area (TPSA) is 34.1 Å². The number of hydrogen-bond acceptors (Lipinski definition) is 2. The zero-order valence-corrected chi connectivity index (χ0v) is 5.96. The second-order valence-electron chi connectivity index (χ2n) is 1.74. The van der Waals surface area contributed by atoms with Crippen molar-refractivity contribution < 1.29 is 34.3 Å². The van der Waals surface area contributed by atoms with E-state index in [2.05, 4.69) is 0 Å². The van der Waals surface area contributed by atoms with Crippen LogP contribution in [0.15, 0.2) is 0 Å². The Morgan fingerprint density at radius 1 is 1.08 bits per heavy atom. The van der Waals surface area contributed by atoms with Gasteiger partial charge in [-0.05, 0) is 0 Å². The highest BCUT2D eigenvalue weighted by Gasteiger charge is 2.57. The molecular formula is C3H2F6O2S. The van der Waals surface area contributed by atoms with E-state index in [1.54, 1.807) is 0 Å². The van der Waals surface area contributed by atoms with E-state index in [9.17, 15) is 34.3 Å². The second-order valence-corrected chi connectivity index (χ2v) is 3.16. The molecule has 0 N–H and O–H groups in total. The van der Waals surface area contributed by atoms with Crippen molar-refractivity contribution in [3.63, 3.8) is 0 Å². The van der Waals surface area contributed by atoms with E-state index in [1.807, 2.05) is 0 Å².